The van der Waals surface area contributed by atoms with Gasteiger partial charge in [-0.05, 0) is 0 Å². The first-order valence-electron chi connectivity index (χ1n) is 0.655. The minimum absolute atomic E-state index is 0. The summed E-state index contributed by atoms with van der Waals surface area (Å²) in [5.41, 5.74) is 0. The molecule has 0 spiro atoms. The van der Waals surface area contributed by atoms with Crippen LogP contribution in [-0.2, 0) is 0 Å². The Morgan fingerprint density at radius 1 is 1.00 bits per heavy atom. The van der Waals surface area contributed by atoms with Gasteiger partial charge in [0.1, 0.15) is 2.65 Å². The highest BCUT2D eigenvalue weighted by molar-refractivity contribution is 9.38. The Morgan fingerprint density at radius 3 is 1.00 bits per heavy atom. The average Bonchev–Trinajstić information content (AvgIpc) is 0.811. The SMILES string of the molecule is BrC(Br)Br.[AlH3]. The molecule has 0 saturated heterocycles. The molecule has 0 aromatic carbocycles. The summed E-state index contributed by atoms with van der Waals surface area (Å²) in [4.78, 5) is 0. The molecule has 0 fully saturated rings. The van der Waals surface area contributed by atoms with Gasteiger partial charge >= 0.3 is 0 Å². The van der Waals surface area contributed by atoms with E-state index in [1.807, 2.05) is 0 Å². The third-order valence-electron chi connectivity index (χ3n) is 0. The molecule has 5 heavy (non-hydrogen) atoms. The van der Waals surface area contributed by atoms with Crippen molar-refractivity contribution in [2.24, 2.45) is 0 Å². The van der Waals surface area contributed by atoms with Crippen molar-refractivity contribution in [3.8, 4) is 0 Å². The lowest BCUT2D eigenvalue weighted by atomic mass is 12.0. The zero-order valence-corrected chi connectivity index (χ0v) is 6.47. The fourth-order valence-electron chi connectivity index (χ4n) is 0. The molecule has 0 atom stereocenters. The van der Waals surface area contributed by atoms with E-state index in [1.165, 1.54) is 0 Å². The summed E-state index contributed by atoms with van der Waals surface area (Å²) < 4.78 is 0.271. The van der Waals surface area contributed by atoms with E-state index in [4.69, 9.17) is 0 Å². The third kappa shape index (κ3) is 24.2. The molecule has 0 aliphatic rings. The summed E-state index contributed by atoms with van der Waals surface area (Å²) in [6, 6.07) is 0. The van der Waals surface area contributed by atoms with Crippen LogP contribution in [0, 0.1) is 0 Å². The third-order valence-corrected chi connectivity index (χ3v) is 0. The van der Waals surface area contributed by atoms with Crippen LogP contribution in [0.25, 0.3) is 0 Å². The molecule has 0 unspecified atom stereocenters. The maximum atomic E-state index is 3.10. The minimum atomic E-state index is 0. The zero-order chi connectivity index (χ0) is 3.58. The molecule has 0 saturated carbocycles. The maximum Gasteiger partial charge on any atom is 0.187 e. The fraction of sp³-hybridized carbons (Fsp3) is 1.00. The summed E-state index contributed by atoms with van der Waals surface area (Å²) >= 11 is 9.31. The van der Waals surface area contributed by atoms with E-state index in [9.17, 15) is 0 Å². The van der Waals surface area contributed by atoms with Crippen molar-refractivity contribution in [1.29, 1.82) is 0 Å². The van der Waals surface area contributed by atoms with Crippen LogP contribution < -0.4 is 0 Å². The summed E-state index contributed by atoms with van der Waals surface area (Å²) in [5, 5.41) is 0. The number of alkyl halides is 3. The van der Waals surface area contributed by atoms with Crippen LogP contribution >= 0.6 is 47.8 Å². The molecular weight excluding hydrogens is 279 g/mol. The lowest BCUT2D eigenvalue weighted by molar-refractivity contribution is 2.28. The molecule has 0 N–H and O–H groups in total. The Kier molecular flexibility index (Phi) is 12.0. The lowest BCUT2D eigenvalue weighted by Crippen LogP contribution is -1.49. The molecule has 0 radical (unpaired) electrons. The zero-order valence-electron chi connectivity index (χ0n) is 1.71. The number of hydrogen-bond acceptors (Lipinski definition) is 0. The van der Waals surface area contributed by atoms with Crippen molar-refractivity contribution in [2.45, 2.75) is 2.65 Å². The van der Waals surface area contributed by atoms with Crippen LogP contribution in [0.3, 0.4) is 0 Å². The molecule has 0 heterocycles. The van der Waals surface area contributed by atoms with Crippen molar-refractivity contribution < 1.29 is 0 Å². The quantitative estimate of drug-likeness (QED) is 0.464. The highest BCUT2D eigenvalue weighted by Crippen LogP contribution is 2.13. The van der Waals surface area contributed by atoms with E-state index in [-0.39, 0.29) is 20.0 Å². The molecule has 0 nitrogen and oxygen atoms in total. The van der Waals surface area contributed by atoms with E-state index >= 15 is 0 Å². The molecule has 4 heteroatoms. The van der Waals surface area contributed by atoms with Gasteiger partial charge in [0.05, 0.1) is 0 Å². The molecule has 0 amide bonds. The molecule has 32 valence electrons. The first-order chi connectivity index (χ1) is 1.73. The predicted molar refractivity (Wildman–Crippen MR) is 40.5 cm³/mol. The van der Waals surface area contributed by atoms with Crippen LogP contribution in [0.15, 0.2) is 0 Å². The number of rotatable bonds is 0. The van der Waals surface area contributed by atoms with E-state index in [0.29, 0.717) is 0 Å². The highest BCUT2D eigenvalue weighted by atomic mass is 80.0. The van der Waals surface area contributed by atoms with Crippen molar-refractivity contribution in [3.05, 3.63) is 0 Å². The molecule has 0 aliphatic heterocycles. The van der Waals surface area contributed by atoms with Gasteiger partial charge < -0.3 is 0 Å². The van der Waals surface area contributed by atoms with Crippen LogP contribution in [-0.4, -0.2) is 20.0 Å². The molecule has 0 bridgehead atoms. The predicted octanol–water partition coefficient (Wildman–Crippen LogP) is 1.27. The monoisotopic (exact) mass is 280 g/mol. The van der Waals surface area contributed by atoms with Gasteiger partial charge in [-0.2, -0.15) is 0 Å². The summed E-state index contributed by atoms with van der Waals surface area (Å²) in [5.74, 6) is 0. The summed E-state index contributed by atoms with van der Waals surface area (Å²) in [6.07, 6.45) is 0. The second-order valence-electron chi connectivity index (χ2n) is 0.247. The summed E-state index contributed by atoms with van der Waals surface area (Å²) in [6.45, 7) is 0. The first kappa shape index (κ1) is 10.1. The van der Waals surface area contributed by atoms with Crippen LogP contribution in [0.4, 0.5) is 0 Å². The second-order valence-corrected chi connectivity index (χ2v) is 6.68. The Hall–Kier alpha value is 1.97. The van der Waals surface area contributed by atoms with Crippen LogP contribution in [0.2, 0.25) is 0 Å². The molecule has 0 rings (SSSR count). The van der Waals surface area contributed by atoms with E-state index in [2.05, 4.69) is 47.8 Å². The van der Waals surface area contributed by atoms with Crippen molar-refractivity contribution in [3.63, 3.8) is 0 Å². The Morgan fingerprint density at radius 2 is 1.00 bits per heavy atom. The van der Waals surface area contributed by atoms with Crippen molar-refractivity contribution in [2.75, 3.05) is 0 Å². The van der Waals surface area contributed by atoms with Crippen molar-refractivity contribution >= 4 is 65.2 Å². The second kappa shape index (κ2) is 5.97. The van der Waals surface area contributed by atoms with Gasteiger partial charge in [0.2, 0.25) is 0 Å². The maximum absolute atomic E-state index is 3.10. The normalized spacial score (nSPS) is 7.20. The lowest BCUT2D eigenvalue weighted by Gasteiger charge is -1.70. The van der Waals surface area contributed by atoms with Gasteiger partial charge in [-0.15, -0.1) is 0 Å². The smallest absolute Gasteiger partial charge is 0.0637 e. The number of halogens is 3. The van der Waals surface area contributed by atoms with Crippen LogP contribution in [0.5, 0.6) is 0 Å². The largest absolute Gasteiger partial charge is 0.187 e. The molecule has 0 aromatic rings. The highest BCUT2D eigenvalue weighted by Gasteiger charge is 1.77. The summed E-state index contributed by atoms with van der Waals surface area (Å²) in [7, 11) is 0. The van der Waals surface area contributed by atoms with Crippen molar-refractivity contribution in [1.82, 2.24) is 0 Å². The van der Waals surface area contributed by atoms with Crippen LogP contribution in [0.1, 0.15) is 0 Å². The minimum Gasteiger partial charge on any atom is -0.0637 e. The number of hydrogen-bond donors (Lipinski definition) is 0. The van der Waals surface area contributed by atoms with E-state index in [1.54, 1.807) is 0 Å². The Labute approximate surface area is 67.2 Å². The van der Waals surface area contributed by atoms with E-state index in [0.717, 1.165) is 0 Å². The van der Waals surface area contributed by atoms with Gasteiger partial charge in [0, 0.05) is 0 Å². The van der Waals surface area contributed by atoms with Gasteiger partial charge in [0.15, 0.2) is 17.4 Å². The van der Waals surface area contributed by atoms with Gasteiger partial charge in [-0.3, -0.25) is 0 Å². The van der Waals surface area contributed by atoms with E-state index < -0.39 is 0 Å². The Balaban J connectivity index is 0. The molecule has 0 aromatic heterocycles. The average molecular weight is 283 g/mol. The molecular formula is CH4AlBr3. The fourth-order valence-corrected chi connectivity index (χ4v) is 0. The van der Waals surface area contributed by atoms with Gasteiger partial charge in [-0.1, -0.05) is 47.8 Å². The molecule has 0 aliphatic carbocycles. The van der Waals surface area contributed by atoms with Gasteiger partial charge in [0.25, 0.3) is 0 Å². The standard InChI is InChI=1S/CHBr3.Al.3H/c2-1(3)4;;;;/h1H;;;;. The first-order valence-corrected chi connectivity index (χ1v) is 3.40. The topological polar surface area (TPSA) is 0 Å². The Bertz CT molecular complexity index is 11.6. The van der Waals surface area contributed by atoms with Gasteiger partial charge in [-0.25, -0.2) is 0 Å².